The van der Waals surface area contributed by atoms with Crippen LogP contribution in [-0.2, 0) is 11.3 Å². The summed E-state index contributed by atoms with van der Waals surface area (Å²) in [4.78, 5) is 16.4. The molecule has 1 aromatic heterocycles. The molecule has 1 unspecified atom stereocenters. The largest absolute Gasteiger partial charge is 0.464 e. The van der Waals surface area contributed by atoms with E-state index in [0.29, 0.717) is 13.1 Å². The Hall–Kier alpha value is -1.33. The van der Waals surface area contributed by atoms with Crippen LogP contribution in [0.3, 0.4) is 0 Å². The van der Waals surface area contributed by atoms with E-state index in [1.807, 2.05) is 33.2 Å². The lowest BCUT2D eigenvalue weighted by molar-refractivity contribution is -0.133. The summed E-state index contributed by atoms with van der Waals surface area (Å²) in [7, 11) is 3.99. The molecular formula is C16H29N3O2. The smallest absolute Gasteiger partial charge is 0.239 e. The summed E-state index contributed by atoms with van der Waals surface area (Å²) in [6, 6.07) is 3.42. The average Bonchev–Trinajstić information content (AvgIpc) is 2.85. The van der Waals surface area contributed by atoms with Crippen molar-refractivity contribution in [3.8, 4) is 0 Å². The maximum Gasteiger partial charge on any atom is 0.239 e. The molecule has 0 saturated carbocycles. The first-order valence-electron chi connectivity index (χ1n) is 7.68. The standard InChI is InChI=1S/C16H29N3O2/c1-5-6-7-15(17)16(20)19(11-10-18(3)4)12-14-9-8-13(2)21-14/h8-9,15H,5-7,10-12,17H2,1-4H3. The zero-order valence-electron chi connectivity index (χ0n) is 13.8. The van der Waals surface area contributed by atoms with E-state index in [1.165, 1.54) is 0 Å². The summed E-state index contributed by atoms with van der Waals surface area (Å²) >= 11 is 0. The molecule has 0 saturated heterocycles. The van der Waals surface area contributed by atoms with Crippen LogP contribution in [0.4, 0.5) is 0 Å². The first-order chi connectivity index (χ1) is 9.93. The number of aryl methyl sites for hydroxylation is 1. The number of likely N-dealkylation sites (N-methyl/N-ethyl adjacent to an activating group) is 1. The van der Waals surface area contributed by atoms with E-state index < -0.39 is 6.04 Å². The number of hydrogen-bond donors (Lipinski definition) is 1. The molecule has 1 amide bonds. The van der Waals surface area contributed by atoms with Crippen LogP contribution in [0.5, 0.6) is 0 Å². The number of furan rings is 1. The third-order valence-corrected chi connectivity index (χ3v) is 3.46. The van der Waals surface area contributed by atoms with Crippen LogP contribution in [0.2, 0.25) is 0 Å². The van der Waals surface area contributed by atoms with Gasteiger partial charge in [0.25, 0.3) is 0 Å². The van der Waals surface area contributed by atoms with Crippen LogP contribution in [0.15, 0.2) is 16.5 Å². The summed E-state index contributed by atoms with van der Waals surface area (Å²) in [5.41, 5.74) is 6.03. The normalized spacial score (nSPS) is 12.7. The molecule has 1 aromatic rings. The van der Waals surface area contributed by atoms with Gasteiger partial charge < -0.3 is 20.0 Å². The van der Waals surface area contributed by atoms with Crippen molar-refractivity contribution in [2.24, 2.45) is 5.73 Å². The SMILES string of the molecule is CCCCC(N)C(=O)N(CCN(C)C)Cc1ccc(C)o1. The number of carbonyl (C=O) groups is 1. The Bertz CT molecular complexity index is 429. The Kier molecular flexibility index (Phi) is 7.47. The van der Waals surface area contributed by atoms with Crippen molar-refractivity contribution in [3.05, 3.63) is 23.7 Å². The topological polar surface area (TPSA) is 62.7 Å². The van der Waals surface area contributed by atoms with Gasteiger partial charge in [-0.05, 0) is 39.6 Å². The lowest BCUT2D eigenvalue weighted by Gasteiger charge is -2.26. The van der Waals surface area contributed by atoms with Gasteiger partial charge in [-0.1, -0.05) is 19.8 Å². The van der Waals surface area contributed by atoms with Gasteiger partial charge in [-0.3, -0.25) is 4.79 Å². The van der Waals surface area contributed by atoms with Crippen molar-refractivity contribution in [1.29, 1.82) is 0 Å². The zero-order valence-corrected chi connectivity index (χ0v) is 13.8. The highest BCUT2D eigenvalue weighted by Gasteiger charge is 2.21. The van der Waals surface area contributed by atoms with Crippen LogP contribution in [-0.4, -0.2) is 48.9 Å². The van der Waals surface area contributed by atoms with Gasteiger partial charge in [0, 0.05) is 13.1 Å². The molecule has 0 radical (unpaired) electrons. The maximum absolute atomic E-state index is 12.5. The van der Waals surface area contributed by atoms with Gasteiger partial charge in [0.1, 0.15) is 11.5 Å². The van der Waals surface area contributed by atoms with E-state index in [0.717, 1.165) is 37.3 Å². The van der Waals surface area contributed by atoms with Gasteiger partial charge in [-0.2, -0.15) is 0 Å². The highest BCUT2D eigenvalue weighted by Crippen LogP contribution is 2.11. The molecule has 0 aliphatic heterocycles. The van der Waals surface area contributed by atoms with E-state index in [1.54, 1.807) is 4.90 Å². The van der Waals surface area contributed by atoms with Gasteiger partial charge in [0.05, 0.1) is 12.6 Å². The van der Waals surface area contributed by atoms with Crippen molar-refractivity contribution < 1.29 is 9.21 Å². The fourth-order valence-electron chi connectivity index (χ4n) is 2.13. The molecule has 1 rings (SSSR count). The summed E-state index contributed by atoms with van der Waals surface area (Å²) in [6.07, 6.45) is 2.77. The summed E-state index contributed by atoms with van der Waals surface area (Å²) in [6.45, 7) is 5.97. The number of nitrogens with zero attached hydrogens (tertiary/aromatic N) is 2. The molecule has 0 aliphatic rings. The van der Waals surface area contributed by atoms with Crippen LogP contribution in [0, 0.1) is 6.92 Å². The fourth-order valence-corrected chi connectivity index (χ4v) is 2.13. The van der Waals surface area contributed by atoms with Crippen molar-refractivity contribution >= 4 is 5.91 Å². The van der Waals surface area contributed by atoms with E-state index in [9.17, 15) is 4.79 Å². The Labute approximate surface area is 128 Å². The molecule has 0 aliphatic carbocycles. The highest BCUT2D eigenvalue weighted by molar-refractivity contribution is 5.81. The van der Waals surface area contributed by atoms with Crippen LogP contribution in [0.1, 0.15) is 37.7 Å². The second-order valence-corrected chi connectivity index (χ2v) is 5.82. The van der Waals surface area contributed by atoms with Gasteiger partial charge in [0.15, 0.2) is 0 Å². The Morgan fingerprint density at radius 1 is 1.33 bits per heavy atom. The number of unbranched alkanes of at least 4 members (excludes halogenated alkanes) is 1. The summed E-state index contributed by atoms with van der Waals surface area (Å²) in [5, 5.41) is 0. The lowest BCUT2D eigenvalue weighted by atomic mass is 10.1. The van der Waals surface area contributed by atoms with E-state index in [4.69, 9.17) is 10.2 Å². The predicted octanol–water partition coefficient (Wildman–Crippen LogP) is 2.00. The molecule has 0 fully saturated rings. The molecule has 0 bridgehead atoms. The zero-order chi connectivity index (χ0) is 15.8. The number of carbonyl (C=O) groups excluding carboxylic acids is 1. The molecule has 5 nitrogen and oxygen atoms in total. The molecule has 0 aromatic carbocycles. The van der Waals surface area contributed by atoms with Gasteiger partial charge >= 0.3 is 0 Å². The van der Waals surface area contributed by atoms with Gasteiger partial charge in [0.2, 0.25) is 5.91 Å². The molecule has 1 heterocycles. The Morgan fingerprint density at radius 2 is 2.05 bits per heavy atom. The van der Waals surface area contributed by atoms with Crippen molar-refractivity contribution in [2.75, 3.05) is 27.2 Å². The van der Waals surface area contributed by atoms with E-state index in [-0.39, 0.29) is 5.91 Å². The Balaban J connectivity index is 2.68. The van der Waals surface area contributed by atoms with Crippen LogP contribution >= 0.6 is 0 Å². The van der Waals surface area contributed by atoms with E-state index >= 15 is 0 Å². The number of nitrogens with two attached hydrogens (primary N) is 1. The third kappa shape index (κ3) is 6.31. The first-order valence-corrected chi connectivity index (χ1v) is 7.68. The molecule has 21 heavy (non-hydrogen) atoms. The summed E-state index contributed by atoms with van der Waals surface area (Å²) < 4.78 is 5.58. The quantitative estimate of drug-likeness (QED) is 0.757. The molecular weight excluding hydrogens is 266 g/mol. The van der Waals surface area contributed by atoms with Crippen molar-refractivity contribution in [2.45, 2.75) is 45.7 Å². The molecule has 1 atom stereocenters. The number of hydrogen-bond acceptors (Lipinski definition) is 4. The minimum absolute atomic E-state index is 0.0133. The van der Waals surface area contributed by atoms with Crippen molar-refractivity contribution in [1.82, 2.24) is 9.80 Å². The second-order valence-electron chi connectivity index (χ2n) is 5.82. The number of rotatable bonds is 9. The average molecular weight is 295 g/mol. The lowest BCUT2D eigenvalue weighted by Crippen LogP contribution is -2.45. The second kappa shape index (κ2) is 8.85. The molecule has 2 N–H and O–H groups in total. The van der Waals surface area contributed by atoms with Gasteiger partial charge in [-0.15, -0.1) is 0 Å². The minimum atomic E-state index is -0.414. The maximum atomic E-state index is 12.5. The van der Waals surface area contributed by atoms with Gasteiger partial charge in [-0.25, -0.2) is 0 Å². The van der Waals surface area contributed by atoms with Crippen molar-refractivity contribution in [3.63, 3.8) is 0 Å². The van der Waals surface area contributed by atoms with E-state index in [2.05, 4.69) is 11.8 Å². The predicted molar refractivity (Wildman–Crippen MR) is 84.9 cm³/mol. The summed E-state index contributed by atoms with van der Waals surface area (Å²) in [5.74, 6) is 1.68. The number of amides is 1. The monoisotopic (exact) mass is 295 g/mol. The molecule has 120 valence electrons. The Morgan fingerprint density at radius 3 is 2.57 bits per heavy atom. The molecule has 0 spiro atoms. The molecule has 5 heteroatoms. The minimum Gasteiger partial charge on any atom is -0.464 e. The fraction of sp³-hybridized carbons (Fsp3) is 0.688. The van der Waals surface area contributed by atoms with Crippen LogP contribution < -0.4 is 5.73 Å². The highest BCUT2D eigenvalue weighted by atomic mass is 16.3. The third-order valence-electron chi connectivity index (χ3n) is 3.46. The first kappa shape index (κ1) is 17.7. The van der Waals surface area contributed by atoms with Crippen LogP contribution in [0.25, 0.3) is 0 Å².